The lowest BCUT2D eigenvalue weighted by Gasteiger charge is -2.59. The van der Waals surface area contributed by atoms with Gasteiger partial charge in [0, 0.05) is 12.0 Å². The minimum atomic E-state index is -0.140. The van der Waals surface area contributed by atoms with Gasteiger partial charge in [-0.15, -0.1) is 0 Å². The van der Waals surface area contributed by atoms with Crippen molar-refractivity contribution in [3.05, 3.63) is 23.3 Å². The van der Waals surface area contributed by atoms with Crippen molar-refractivity contribution < 1.29 is 9.90 Å². The highest BCUT2D eigenvalue weighted by molar-refractivity contribution is 5.80. The van der Waals surface area contributed by atoms with Crippen molar-refractivity contribution in [3.63, 3.8) is 0 Å². The maximum absolute atomic E-state index is 14.3. The van der Waals surface area contributed by atoms with Crippen LogP contribution in [0, 0.1) is 80.8 Å². The first-order valence-corrected chi connectivity index (χ1v) is 22.2. The zero-order valence-corrected chi connectivity index (χ0v) is 33.4. The summed E-state index contributed by atoms with van der Waals surface area (Å²) in [7, 11) is 0. The summed E-state index contributed by atoms with van der Waals surface area (Å²) < 4.78 is 0. The van der Waals surface area contributed by atoms with Gasteiger partial charge >= 0.3 is 0 Å². The fourth-order valence-electron chi connectivity index (χ4n) is 16.2. The molecular formula is C47H75NO2. The standard InChI is InChI=1S/C47H75NO2/c1-29(2)9-8-10-30(3)37-15-16-38-35-13-11-31-27-33(19-23-44(31,4)40(35)21-25-46(37,38)6)48-43(50)42-18-17-39-36-14-12-32-28-34(49)20-24-45(32,5)41(36)22-26-47(39,42)7/h11-12,29-30,33-42,49H,8-10,13-28H2,1-7H3,(H,48,50)/t30-,33+,34+,35+,36+,37-,38+,39+,40+,41+,42-,44+,45+,46-,47+/m1/s1. The van der Waals surface area contributed by atoms with Crippen LogP contribution in [0.2, 0.25) is 0 Å². The zero-order valence-electron chi connectivity index (χ0n) is 33.4. The van der Waals surface area contributed by atoms with Gasteiger partial charge in [-0.25, -0.2) is 0 Å². The van der Waals surface area contributed by atoms with Crippen molar-refractivity contribution in [1.82, 2.24) is 5.32 Å². The topological polar surface area (TPSA) is 49.3 Å². The van der Waals surface area contributed by atoms with E-state index in [1.807, 2.05) is 0 Å². The van der Waals surface area contributed by atoms with Crippen LogP contribution in [-0.4, -0.2) is 23.2 Å². The molecule has 0 spiro atoms. The maximum atomic E-state index is 14.3. The Kier molecular flexibility index (Phi) is 9.37. The monoisotopic (exact) mass is 686 g/mol. The van der Waals surface area contributed by atoms with E-state index in [1.54, 1.807) is 11.1 Å². The number of hydrogen-bond donors (Lipinski definition) is 2. The van der Waals surface area contributed by atoms with E-state index >= 15 is 0 Å². The van der Waals surface area contributed by atoms with E-state index in [-0.39, 0.29) is 22.9 Å². The van der Waals surface area contributed by atoms with E-state index in [1.165, 1.54) is 83.5 Å². The second kappa shape index (κ2) is 13.0. The van der Waals surface area contributed by atoms with Crippen LogP contribution in [0.25, 0.3) is 0 Å². The molecule has 0 aliphatic heterocycles. The lowest BCUT2D eigenvalue weighted by Crippen LogP contribution is -2.54. The van der Waals surface area contributed by atoms with Crippen molar-refractivity contribution in [2.75, 3.05) is 0 Å². The Labute approximate surface area is 307 Å². The summed E-state index contributed by atoms with van der Waals surface area (Å²) in [5.74, 6) is 7.95. The number of hydrogen-bond acceptors (Lipinski definition) is 2. The molecule has 6 fully saturated rings. The molecular weight excluding hydrogens is 611 g/mol. The fraction of sp³-hybridized carbons (Fsp3) is 0.894. The number of amides is 1. The summed E-state index contributed by atoms with van der Waals surface area (Å²) in [6, 6.07) is 0.321. The first kappa shape index (κ1) is 35.9. The normalized spacial score (nSPS) is 50.1. The number of allylic oxidation sites excluding steroid dienone is 2. The van der Waals surface area contributed by atoms with Gasteiger partial charge in [-0.05, 0) is 178 Å². The van der Waals surface area contributed by atoms with Gasteiger partial charge < -0.3 is 10.4 Å². The largest absolute Gasteiger partial charge is 0.393 e. The van der Waals surface area contributed by atoms with Gasteiger partial charge in [0.2, 0.25) is 5.91 Å². The summed E-state index contributed by atoms with van der Waals surface area (Å²) in [6.45, 7) is 17.8. The fourth-order valence-corrected chi connectivity index (χ4v) is 16.2. The summed E-state index contributed by atoms with van der Waals surface area (Å²) in [4.78, 5) is 14.3. The number of aliphatic hydroxyl groups excluding tert-OH is 1. The van der Waals surface area contributed by atoms with Crippen molar-refractivity contribution in [2.45, 2.75) is 183 Å². The molecule has 0 aromatic carbocycles. The Balaban J connectivity index is 0.907. The maximum Gasteiger partial charge on any atom is 0.223 e. The molecule has 6 saturated carbocycles. The Hall–Kier alpha value is -1.09. The average Bonchev–Trinajstić information content (AvgIpc) is 3.62. The number of aliphatic hydroxyl groups is 1. The van der Waals surface area contributed by atoms with Gasteiger partial charge in [0.1, 0.15) is 0 Å². The highest BCUT2D eigenvalue weighted by atomic mass is 16.3. The van der Waals surface area contributed by atoms with Crippen LogP contribution in [0.4, 0.5) is 0 Å². The van der Waals surface area contributed by atoms with E-state index < -0.39 is 0 Å². The van der Waals surface area contributed by atoms with Crippen molar-refractivity contribution in [1.29, 1.82) is 0 Å². The Bertz CT molecular complexity index is 1360. The lowest BCUT2D eigenvalue weighted by molar-refractivity contribution is -0.133. The third kappa shape index (κ3) is 5.60. The minimum Gasteiger partial charge on any atom is -0.393 e. The molecule has 8 rings (SSSR count). The van der Waals surface area contributed by atoms with Gasteiger partial charge in [0.15, 0.2) is 0 Å². The first-order chi connectivity index (χ1) is 23.8. The van der Waals surface area contributed by atoms with E-state index in [2.05, 4.69) is 65.9 Å². The summed E-state index contributed by atoms with van der Waals surface area (Å²) >= 11 is 0. The number of rotatable bonds is 7. The third-order valence-corrected chi connectivity index (χ3v) is 19.0. The smallest absolute Gasteiger partial charge is 0.223 e. The molecule has 8 aliphatic carbocycles. The van der Waals surface area contributed by atoms with Gasteiger partial charge in [-0.1, -0.05) is 91.0 Å². The minimum absolute atomic E-state index is 0.140. The van der Waals surface area contributed by atoms with Crippen LogP contribution in [-0.2, 0) is 4.79 Å². The molecule has 0 aromatic rings. The second-order valence-corrected chi connectivity index (χ2v) is 21.6. The number of carbonyl (C=O) groups excluding carboxylic acids is 1. The first-order valence-electron chi connectivity index (χ1n) is 22.2. The highest BCUT2D eigenvalue weighted by Gasteiger charge is 2.61. The van der Waals surface area contributed by atoms with Gasteiger partial charge in [-0.3, -0.25) is 4.79 Å². The van der Waals surface area contributed by atoms with Crippen molar-refractivity contribution in [2.24, 2.45) is 80.8 Å². The second-order valence-electron chi connectivity index (χ2n) is 21.6. The average molecular weight is 686 g/mol. The van der Waals surface area contributed by atoms with Crippen LogP contribution in [0.5, 0.6) is 0 Å². The third-order valence-electron chi connectivity index (χ3n) is 19.0. The van der Waals surface area contributed by atoms with Crippen LogP contribution in [0.1, 0.15) is 170 Å². The molecule has 0 bridgehead atoms. The molecule has 0 heterocycles. The Morgan fingerprint density at radius 3 is 2.00 bits per heavy atom. The van der Waals surface area contributed by atoms with E-state index in [4.69, 9.17) is 0 Å². The number of carbonyl (C=O) groups is 1. The van der Waals surface area contributed by atoms with Crippen molar-refractivity contribution in [3.8, 4) is 0 Å². The van der Waals surface area contributed by atoms with Crippen LogP contribution >= 0.6 is 0 Å². The molecule has 1 amide bonds. The van der Waals surface area contributed by atoms with E-state index in [9.17, 15) is 9.90 Å². The Morgan fingerprint density at radius 2 is 1.32 bits per heavy atom. The van der Waals surface area contributed by atoms with Gasteiger partial charge in [-0.2, -0.15) is 0 Å². The molecule has 50 heavy (non-hydrogen) atoms. The zero-order chi connectivity index (χ0) is 35.2. The molecule has 3 nitrogen and oxygen atoms in total. The number of nitrogens with one attached hydrogen (secondary N) is 1. The van der Waals surface area contributed by atoms with Gasteiger partial charge in [0.05, 0.1) is 6.10 Å². The molecule has 0 unspecified atom stereocenters. The van der Waals surface area contributed by atoms with Crippen LogP contribution < -0.4 is 5.32 Å². The molecule has 2 N–H and O–H groups in total. The Morgan fingerprint density at radius 1 is 0.720 bits per heavy atom. The van der Waals surface area contributed by atoms with E-state index in [0.717, 1.165) is 80.0 Å². The molecule has 0 radical (unpaired) electrons. The van der Waals surface area contributed by atoms with Gasteiger partial charge in [0.25, 0.3) is 0 Å². The highest BCUT2D eigenvalue weighted by Crippen LogP contribution is 2.68. The molecule has 280 valence electrons. The van der Waals surface area contributed by atoms with E-state index in [0.29, 0.717) is 34.6 Å². The molecule has 0 saturated heterocycles. The predicted octanol–water partition coefficient (Wildman–Crippen LogP) is 11.5. The summed E-state index contributed by atoms with van der Waals surface area (Å²) in [5.41, 5.74) is 4.56. The summed E-state index contributed by atoms with van der Waals surface area (Å²) in [5, 5.41) is 14.2. The number of fused-ring (bicyclic) bond motifs is 10. The molecule has 0 aromatic heterocycles. The summed E-state index contributed by atoms with van der Waals surface area (Å²) in [6.07, 6.45) is 28.9. The molecule has 3 heteroatoms. The predicted molar refractivity (Wildman–Crippen MR) is 206 cm³/mol. The SMILES string of the molecule is CC(C)CCC[C@@H](C)[C@H]1CC[C@H]2[C@@H]3CC=C4C[C@@H](NC(=O)[C@H]5CC[C@H]6[C@@H]7CC=C8C[C@@H](O)CC[C@]8(C)[C@H]7CC[C@]56C)CC[C@]4(C)[C@H]3CC[C@]12C. The van der Waals surface area contributed by atoms with Crippen molar-refractivity contribution >= 4 is 5.91 Å². The molecule has 8 aliphatic rings. The lowest BCUT2D eigenvalue weighted by atomic mass is 9.46. The molecule has 15 atom stereocenters. The van der Waals surface area contributed by atoms with Crippen LogP contribution in [0.3, 0.4) is 0 Å². The quantitative estimate of drug-likeness (QED) is 0.262. The van der Waals surface area contributed by atoms with Crippen LogP contribution in [0.15, 0.2) is 23.3 Å².